The molecule has 8 heteroatoms. The number of rotatable bonds is 5. The van der Waals surface area contributed by atoms with E-state index < -0.39 is 10.8 Å². The van der Waals surface area contributed by atoms with Gasteiger partial charge in [-0.1, -0.05) is 29.8 Å². The van der Waals surface area contributed by atoms with E-state index in [9.17, 15) is 14.9 Å². The molecule has 0 atom stereocenters. The van der Waals surface area contributed by atoms with E-state index in [2.05, 4.69) is 10.6 Å². The highest BCUT2D eigenvalue weighted by atomic mass is 32.1. The number of thiocarbonyl (C=S) groups is 1. The van der Waals surface area contributed by atoms with Gasteiger partial charge in [-0.15, -0.1) is 0 Å². The van der Waals surface area contributed by atoms with Gasteiger partial charge in [-0.3, -0.25) is 20.2 Å². The van der Waals surface area contributed by atoms with Crippen LogP contribution in [0, 0.1) is 17.0 Å². The molecule has 0 unspecified atom stereocenters. The number of nitrogens with one attached hydrogen (secondary N) is 2. The minimum absolute atomic E-state index is 0.0446. The zero-order valence-electron chi connectivity index (χ0n) is 14.2. The minimum atomic E-state index is -0.563. The Morgan fingerprint density at radius 1 is 1.23 bits per heavy atom. The molecule has 0 spiro atoms. The van der Waals surface area contributed by atoms with Crippen molar-refractivity contribution in [2.45, 2.75) is 6.92 Å². The lowest BCUT2D eigenvalue weighted by atomic mass is 10.1. The van der Waals surface area contributed by atoms with Gasteiger partial charge in [-0.05, 0) is 42.9 Å². The number of nitrogens with zero attached hydrogens (tertiary/aromatic N) is 1. The van der Waals surface area contributed by atoms with Crippen molar-refractivity contribution in [1.82, 2.24) is 5.32 Å². The normalized spacial score (nSPS) is 10.4. The van der Waals surface area contributed by atoms with Crippen LogP contribution in [0.25, 0.3) is 6.08 Å². The van der Waals surface area contributed by atoms with Crippen LogP contribution in [0.3, 0.4) is 0 Å². The molecule has 0 heterocycles. The first-order chi connectivity index (χ1) is 12.4. The summed E-state index contributed by atoms with van der Waals surface area (Å²) >= 11 is 5.04. The standard InChI is InChI=1S/C18H17N3O4S/c1-12-3-5-13(6-4-12)7-10-17(22)20-18(26)19-15-9-8-14(25-2)11-16(15)21(23)24/h3-11H,1-2H3,(H2,19,20,22,26)/b10-7+. The van der Waals surface area contributed by atoms with Crippen molar-refractivity contribution in [3.8, 4) is 5.75 Å². The number of ether oxygens (including phenoxy) is 1. The number of benzene rings is 2. The number of methoxy groups -OCH3 is 1. The summed E-state index contributed by atoms with van der Waals surface area (Å²) in [4.78, 5) is 22.5. The predicted octanol–water partition coefficient (Wildman–Crippen LogP) is 3.44. The molecule has 0 bridgehead atoms. The third-order valence-corrected chi connectivity index (χ3v) is 3.60. The molecule has 0 saturated heterocycles. The maximum absolute atomic E-state index is 11.9. The van der Waals surface area contributed by atoms with E-state index in [0.717, 1.165) is 11.1 Å². The van der Waals surface area contributed by atoms with Gasteiger partial charge in [0.25, 0.3) is 5.69 Å². The third-order valence-electron chi connectivity index (χ3n) is 3.39. The quantitative estimate of drug-likeness (QED) is 0.362. The fraction of sp³-hybridized carbons (Fsp3) is 0.111. The molecule has 2 N–H and O–H groups in total. The van der Waals surface area contributed by atoms with Crippen molar-refractivity contribution >= 4 is 40.7 Å². The monoisotopic (exact) mass is 371 g/mol. The number of aryl methyl sites for hydroxylation is 1. The van der Waals surface area contributed by atoms with E-state index in [1.165, 1.54) is 25.3 Å². The Morgan fingerprint density at radius 3 is 2.54 bits per heavy atom. The molecule has 26 heavy (non-hydrogen) atoms. The van der Waals surface area contributed by atoms with Crippen molar-refractivity contribution < 1.29 is 14.5 Å². The van der Waals surface area contributed by atoms with Gasteiger partial charge in [-0.25, -0.2) is 0 Å². The average molecular weight is 371 g/mol. The lowest BCUT2D eigenvalue weighted by molar-refractivity contribution is -0.384. The van der Waals surface area contributed by atoms with Gasteiger partial charge in [0.15, 0.2) is 5.11 Å². The average Bonchev–Trinajstić information content (AvgIpc) is 2.61. The van der Waals surface area contributed by atoms with Gasteiger partial charge >= 0.3 is 0 Å². The van der Waals surface area contributed by atoms with Crippen LogP contribution in [0.15, 0.2) is 48.5 Å². The van der Waals surface area contributed by atoms with Crippen molar-refractivity contribution in [3.05, 3.63) is 69.8 Å². The van der Waals surface area contributed by atoms with E-state index in [-0.39, 0.29) is 16.5 Å². The molecule has 0 radical (unpaired) electrons. The number of amides is 1. The second-order valence-electron chi connectivity index (χ2n) is 5.33. The van der Waals surface area contributed by atoms with E-state index in [4.69, 9.17) is 17.0 Å². The van der Waals surface area contributed by atoms with Gasteiger partial charge in [-0.2, -0.15) is 0 Å². The molecule has 2 aromatic rings. The number of hydrogen-bond donors (Lipinski definition) is 2. The zero-order valence-corrected chi connectivity index (χ0v) is 15.0. The van der Waals surface area contributed by atoms with Gasteiger partial charge in [0, 0.05) is 6.08 Å². The number of carbonyl (C=O) groups excluding carboxylic acids is 1. The molecule has 7 nitrogen and oxygen atoms in total. The van der Waals surface area contributed by atoms with E-state index in [1.807, 2.05) is 31.2 Å². The highest BCUT2D eigenvalue weighted by molar-refractivity contribution is 7.80. The van der Waals surface area contributed by atoms with Crippen molar-refractivity contribution in [2.24, 2.45) is 0 Å². The summed E-state index contributed by atoms with van der Waals surface area (Å²) < 4.78 is 4.97. The maximum Gasteiger partial charge on any atom is 0.296 e. The largest absolute Gasteiger partial charge is 0.496 e. The van der Waals surface area contributed by atoms with Crippen LogP contribution >= 0.6 is 12.2 Å². The zero-order chi connectivity index (χ0) is 19.1. The molecular weight excluding hydrogens is 354 g/mol. The fourth-order valence-electron chi connectivity index (χ4n) is 2.05. The Labute approximate surface area is 155 Å². The number of nitro benzene ring substituents is 1. The Kier molecular flexibility index (Phi) is 6.40. The minimum Gasteiger partial charge on any atom is -0.496 e. The molecule has 1 amide bonds. The van der Waals surface area contributed by atoms with Crippen LogP contribution in [0.4, 0.5) is 11.4 Å². The summed E-state index contributed by atoms with van der Waals surface area (Å²) in [5.41, 5.74) is 1.94. The number of hydrogen-bond acceptors (Lipinski definition) is 5. The lowest BCUT2D eigenvalue weighted by Crippen LogP contribution is -2.33. The first kappa shape index (κ1) is 19.1. The van der Waals surface area contributed by atoms with Gasteiger partial charge in [0.2, 0.25) is 5.91 Å². The van der Waals surface area contributed by atoms with Gasteiger partial charge < -0.3 is 10.1 Å². The summed E-state index contributed by atoms with van der Waals surface area (Å²) in [7, 11) is 1.41. The van der Waals surface area contributed by atoms with Crippen LogP contribution < -0.4 is 15.4 Å². The van der Waals surface area contributed by atoms with Crippen LogP contribution in [0.2, 0.25) is 0 Å². The summed E-state index contributed by atoms with van der Waals surface area (Å²) in [6.07, 6.45) is 2.98. The highest BCUT2D eigenvalue weighted by Crippen LogP contribution is 2.28. The molecule has 0 aliphatic heterocycles. The third kappa shape index (κ3) is 5.38. The molecule has 0 aliphatic rings. The van der Waals surface area contributed by atoms with E-state index in [1.54, 1.807) is 12.1 Å². The molecule has 0 aromatic heterocycles. The second kappa shape index (κ2) is 8.72. The first-order valence-corrected chi connectivity index (χ1v) is 7.99. The summed E-state index contributed by atoms with van der Waals surface area (Å²) in [5, 5.41) is 16.2. The van der Waals surface area contributed by atoms with Crippen molar-refractivity contribution in [3.63, 3.8) is 0 Å². The predicted molar refractivity (Wildman–Crippen MR) is 104 cm³/mol. The maximum atomic E-state index is 11.9. The van der Waals surface area contributed by atoms with Crippen molar-refractivity contribution in [1.29, 1.82) is 0 Å². The Hall–Kier alpha value is -3.26. The topological polar surface area (TPSA) is 93.5 Å². The number of nitro groups is 1. The molecule has 134 valence electrons. The summed E-state index contributed by atoms with van der Waals surface area (Å²) in [6, 6.07) is 11.9. The lowest BCUT2D eigenvalue weighted by Gasteiger charge is -2.09. The summed E-state index contributed by atoms with van der Waals surface area (Å²) in [5.74, 6) is -0.0996. The van der Waals surface area contributed by atoms with Gasteiger partial charge in [0.05, 0.1) is 18.1 Å². The first-order valence-electron chi connectivity index (χ1n) is 7.58. The fourth-order valence-corrected chi connectivity index (χ4v) is 2.26. The molecular formula is C18H17N3O4S. The number of anilines is 1. The Balaban J connectivity index is 2.01. The molecule has 0 saturated carbocycles. The Morgan fingerprint density at radius 2 is 1.92 bits per heavy atom. The Bertz CT molecular complexity index is 863. The van der Waals surface area contributed by atoms with Crippen LogP contribution in [0.5, 0.6) is 5.75 Å². The number of carbonyl (C=O) groups is 1. The van der Waals surface area contributed by atoms with Crippen LogP contribution in [-0.2, 0) is 4.79 Å². The van der Waals surface area contributed by atoms with Crippen molar-refractivity contribution in [2.75, 3.05) is 12.4 Å². The van der Waals surface area contributed by atoms with E-state index >= 15 is 0 Å². The smallest absolute Gasteiger partial charge is 0.296 e. The SMILES string of the molecule is COc1ccc(NC(=S)NC(=O)/C=C/c2ccc(C)cc2)c([N+](=O)[O-])c1. The van der Waals surface area contributed by atoms with E-state index in [0.29, 0.717) is 5.75 Å². The molecule has 0 aliphatic carbocycles. The van der Waals surface area contributed by atoms with Gasteiger partial charge in [0.1, 0.15) is 11.4 Å². The molecule has 2 aromatic carbocycles. The van der Waals surface area contributed by atoms with Crippen LogP contribution in [-0.4, -0.2) is 23.1 Å². The second-order valence-corrected chi connectivity index (χ2v) is 5.74. The molecule has 0 fully saturated rings. The van der Waals surface area contributed by atoms with Crippen LogP contribution in [0.1, 0.15) is 11.1 Å². The summed E-state index contributed by atoms with van der Waals surface area (Å²) in [6.45, 7) is 1.97. The highest BCUT2D eigenvalue weighted by Gasteiger charge is 2.16. The molecule has 2 rings (SSSR count).